The monoisotopic (exact) mass is 382 g/mol. The van der Waals surface area contributed by atoms with Crippen molar-refractivity contribution >= 4 is 0 Å². The van der Waals surface area contributed by atoms with E-state index in [4.69, 9.17) is 23.7 Å². The maximum atomic E-state index is 5.89. The summed E-state index contributed by atoms with van der Waals surface area (Å²) in [6.07, 6.45) is 16.0. The first-order chi connectivity index (χ1) is 13.2. The molecule has 0 saturated carbocycles. The van der Waals surface area contributed by atoms with E-state index in [1.165, 1.54) is 12.8 Å². The molecular weight excluding hydrogens is 344 g/mol. The smallest absolute Gasteiger partial charge is 0.157 e. The Labute approximate surface area is 165 Å². The van der Waals surface area contributed by atoms with Gasteiger partial charge in [-0.15, -0.1) is 0 Å². The van der Waals surface area contributed by atoms with Crippen molar-refractivity contribution in [2.45, 2.75) is 90.3 Å². The van der Waals surface area contributed by atoms with Crippen LogP contribution in [0.2, 0.25) is 0 Å². The minimum Gasteiger partial charge on any atom is -0.491 e. The molecule has 0 radical (unpaired) electrons. The average Bonchev–Trinajstić information content (AvgIpc) is 2.68. The third-order valence-electron chi connectivity index (χ3n) is 4.52. The molecule has 2 atom stereocenters. The highest BCUT2D eigenvalue weighted by atomic mass is 16.7. The molecule has 2 aliphatic rings. The molecule has 2 heterocycles. The number of hydrogen-bond donors (Lipinski definition) is 0. The number of hydrogen-bond acceptors (Lipinski definition) is 5. The molecule has 2 aliphatic heterocycles. The fraction of sp³-hybridized carbons (Fsp3) is 0.818. The second-order valence-corrected chi connectivity index (χ2v) is 7.44. The van der Waals surface area contributed by atoms with Gasteiger partial charge in [0.15, 0.2) is 12.6 Å². The first-order valence-corrected chi connectivity index (χ1v) is 10.7. The van der Waals surface area contributed by atoms with Gasteiger partial charge in [0.2, 0.25) is 0 Å². The van der Waals surface area contributed by atoms with Crippen molar-refractivity contribution in [1.82, 2.24) is 0 Å². The zero-order chi connectivity index (χ0) is 19.2. The van der Waals surface area contributed by atoms with Crippen molar-refractivity contribution in [3.63, 3.8) is 0 Å². The van der Waals surface area contributed by atoms with Gasteiger partial charge in [-0.3, -0.25) is 0 Å². The van der Waals surface area contributed by atoms with Gasteiger partial charge in [0, 0.05) is 13.2 Å². The van der Waals surface area contributed by atoms with Crippen LogP contribution in [0.5, 0.6) is 0 Å². The molecule has 0 spiro atoms. The van der Waals surface area contributed by atoms with Gasteiger partial charge in [0.25, 0.3) is 0 Å². The van der Waals surface area contributed by atoms with Crippen LogP contribution >= 0.6 is 0 Å². The predicted molar refractivity (Wildman–Crippen MR) is 106 cm³/mol. The molecule has 0 bridgehead atoms. The fourth-order valence-corrected chi connectivity index (χ4v) is 3.12. The quantitative estimate of drug-likeness (QED) is 0.267. The van der Waals surface area contributed by atoms with E-state index in [1.807, 2.05) is 0 Å². The molecule has 2 saturated heterocycles. The summed E-state index contributed by atoms with van der Waals surface area (Å²) in [6.45, 7) is 7.18. The van der Waals surface area contributed by atoms with Crippen molar-refractivity contribution in [2.24, 2.45) is 0 Å². The Kier molecular flexibility index (Phi) is 11.8. The molecule has 27 heavy (non-hydrogen) atoms. The van der Waals surface area contributed by atoms with E-state index in [1.54, 1.807) is 0 Å². The van der Waals surface area contributed by atoms with Crippen molar-refractivity contribution < 1.29 is 23.7 Å². The second-order valence-electron chi connectivity index (χ2n) is 7.44. The molecule has 2 unspecified atom stereocenters. The molecule has 0 N–H and O–H groups in total. The predicted octanol–water partition coefficient (Wildman–Crippen LogP) is 5.11. The lowest BCUT2D eigenvalue weighted by atomic mass is 10.2. The second kappa shape index (κ2) is 14.2. The Hall–Kier alpha value is -0.880. The van der Waals surface area contributed by atoms with E-state index in [0.717, 1.165) is 70.5 Å². The van der Waals surface area contributed by atoms with Gasteiger partial charge in [0.05, 0.1) is 19.3 Å². The van der Waals surface area contributed by atoms with Crippen LogP contribution < -0.4 is 0 Å². The summed E-state index contributed by atoms with van der Waals surface area (Å²) in [5.74, 6) is 0.924. The first-order valence-electron chi connectivity index (χ1n) is 10.7. The Bertz CT molecular complexity index is 420. The zero-order valence-electron chi connectivity index (χ0n) is 17.2. The summed E-state index contributed by atoms with van der Waals surface area (Å²) < 4.78 is 28.6. The van der Waals surface area contributed by atoms with E-state index in [0.29, 0.717) is 6.61 Å². The molecule has 2 rings (SSSR count). The Morgan fingerprint density at radius 3 is 2.19 bits per heavy atom. The summed E-state index contributed by atoms with van der Waals surface area (Å²) in [4.78, 5) is 0. The first kappa shape index (κ1) is 22.4. The summed E-state index contributed by atoms with van der Waals surface area (Å²) in [6, 6.07) is 0. The van der Waals surface area contributed by atoms with Crippen LogP contribution in [0, 0.1) is 0 Å². The molecule has 0 aliphatic carbocycles. The molecule has 156 valence electrons. The number of ether oxygens (including phenoxy) is 5. The highest BCUT2D eigenvalue weighted by Crippen LogP contribution is 2.15. The van der Waals surface area contributed by atoms with Gasteiger partial charge < -0.3 is 23.7 Å². The van der Waals surface area contributed by atoms with Gasteiger partial charge >= 0.3 is 0 Å². The molecule has 0 aromatic heterocycles. The van der Waals surface area contributed by atoms with Crippen molar-refractivity contribution in [1.29, 1.82) is 0 Å². The third kappa shape index (κ3) is 10.9. The van der Waals surface area contributed by atoms with Crippen molar-refractivity contribution in [3.05, 3.63) is 24.0 Å². The van der Waals surface area contributed by atoms with Gasteiger partial charge in [-0.1, -0.05) is 6.08 Å². The van der Waals surface area contributed by atoms with Gasteiger partial charge in [-0.05, 0) is 83.8 Å². The van der Waals surface area contributed by atoms with Crippen LogP contribution in [-0.4, -0.2) is 45.1 Å². The van der Waals surface area contributed by atoms with Gasteiger partial charge in [-0.2, -0.15) is 0 Å². The maximum Gasteiger partial charge on any atom is 0.157 e. The van der Waals surface area contributed by atoms with Crippen LogP contribution in [0.25, 0.3) is 0 Å². The molecular formula is C22H38O5. The maximum absolute atomic E-state index is 5.89. The normalized spacial score (nSPS) is 24.6. The minimum atomic E-state index is -0.0118. The SMILES string of the molecule is CC(C)OC(=C\CCCOC1CCCCO1)/C=C/CCOC1CCCCO1. The van der Waals surface area contributed by atoms with E-state index in [2.05, 4.69) is 32.1 Å². The fourth-order valence-electron chi connectivity index (χ4n) is 3.12. The lowest BCUT2D eigenvalue weighted by Crippen LogP contribution is -2.22. The lowest BCUT2D eigenvalue weighted by Gasteiger charge is -2.22. The molecule has 0 aromatic rings. The molecule has 0 amide bonds. The Balaban J connectivity index is 1.60. The van der Waals surface area contributed by atoms with Gasteiger partial charge in [0.1, 0.15) is 5.76 Å². The minimum absolute atomic E-state index is 0.00199. The molecule has 0 aromatic carbocycles. The molecule has 2 fully saturated rings. The molecule has 5 nitrogen and oxygen atoms in total. The van der Waals surface area contributed by atoms with E-state index >= 15 is 0 Å². The van der Waals surface area contributed by atoms with E-state index in [9.17, 15) is 0 Å². The van der Waals surface area contributed by atoms with E-state index in [-0.39, 0.29) is 18.7 Å². The summed E-state index contributed by atoms with van der Waals surface area (Å²) in [5.41, 5.74) is 0. The van der Waals surface area contributed by atoms with Crippen molar-refractivity contribution in [3.8, 4) is 0 Å². The number of allylic oxidation sites excluding steroid dienone is 2. The van der Waals surface area contributed by atoms with Crippen LogP contribution in [0.1, 0.15) is 71.6 Å². The van der Waals surface area contributed by atoms with Crippen LogP contribution in [0.3, 0.4) is 0 Å². The lowest BCUT2D eigenvalue weighted by molar-refractivity contribution is -0.162. The molecule has 5 heteroatoms. The zero-order valence-corrected chi connectivity index (χ0v) is 17.2. The highest BCUT2D eigenvalue weighted by molar-refractivity contribution is 5.12. The topological polar surface area (TPSA) is 46.2 Å². The summed E-state index contributed by atoms with van der Waals surface area (Å²) in [7, 11) is 0. The van der Waals surface area contributed by atoms with Crippen LogP contribution in [-0.2, 0) is 23.7 Å². The van der Waals surface area contributed by atoms with Crippen LogP contribution in [0.4, 0.5) is 0 Å². The number of unbranched alkanes of at least 4 members (excludes halogenated alkanes) is 1. The average molecular weight is 383 g/mol. The number of rotatable bonds is 12. The summed E-state index contributed by atoms with van der Waals surface area (Å²) in [5, 5.41) is 0. The Morgan fingerprint density at radius 1 is 0.926 bits per heavy atom. The van der Waals surface area contributed by atoms with Gasteiger partial charge in [-0.25, -0.2) is 0 Å². The largest absolute Gasteiger partial charge is 0.491 e. The van der Waals surface area contributed by atoms with E-state index < -0.39 is 0 Å². The van der Waals surface area contributed by atoms with Crippen molar-refractivity contribution in [2.75, 3.05) is 26.4 Å². The Morgan fingerprint density at radius 2 is 1.59 bits per heavy atom. The summed E-state index contributed by atoms with van der Waals surface area (Å²) >= 11 is 0. The highest BCUT2D eigenvalue weighted by Gasteiger charge is 2.14. The standard InChI is InChI=1S/C22H38O5/c1-19(2)27-20(11-3-7-15-23-21-13-5-9-17-25-21)12-4-8-16-24-22-14-6-10-18-26-22/h3,11-12,19,21-22H,4-10,13-18H2,1-2H3/b11-3+,20-12-. The third-order valence-corrected chi connectivity index (χ3v) is 4.52. The van der Waals surface area contributed by atoms with Crippen LogP contribution in [0.15, 0.2) is 24.0 Å².